The van der Waals surface area contributed by atoms with Crippen LogP contribution < -0.4 is 4.74 Å². The molecule has 1 aliphatic rings. The molecule has 2 rings (SSSR count). The van der Waals surface area contributed by atoms with Gasteiger partial charge in [0.15, 0.2) is 0 Å². The molecule has 0 aromatic heterocycles. The van der Waals surface area contributed by atoms with Gasteiger partial charge in [-0.2, -0.15) is 0 Å². The van der Waals surface area contributed by atoms with Crippen molar-refractivity contribution in [3.05, 3.63) is 29.3 Å². The first-order valence-electron chi connectivity index (χ1n) is 7.70. The molecule has 0 saturated carbocycles. The number of morpholine rings is 1. The quantitative estimate of drug-likeness (QED) is 0.903. The Hall–Kier alpha value is -1.10. The molecule has 4 heteroatoms. The number of hydrogen-bond donors (Lipinski definition) is 1. The van der Waals surface area contributed by atoms with Gasteiger partial charge in [0.2, 0.25) is 0 Å². The lowest BCUT2D eigenvalue weighted by Crippen LogP contribution is -2.48. The Morgan fingerprint density at radius 2 is 1.95 bits per heavy atom. The second-order valence-corrected chi connectivity index (χ2v) is 6.21. The predicted molar refractivity (Wildman–Crippen MR) is 83.9 cm³/mol. The Labute approximate surface area is 127 Å². The third kappa shape index (κ3) is 4.99. The summed E-state index contributed by atoms with van der Waals surface area (Å²) in [5.74, 6) is 0.859. The largest absolute Gasteiger partial charge is 0.491 e. The molecule has 1 aromatic rings. The molecule has 118 valence electrons. The fourth-order valence-electron chi connectivity index (χ4n) is 2.83. The van der Waals surface area contributed by atoms with Crippen LogP contribution in [0.2, 0.25) is 0 Å². The molecule has 0 spiro atoms. The molecule has 0 bridgehead atoms. The fraction of sp³-hybridized carbons (Fsp3) is 0.647. The topological polar surface area (TPSA) is 41.9 Å². The van der Waals surface area contributed by atoms with Crippen molar-refractivity contribution in [1.82, 2.24) is 4.90 Å². The van der Waals surface area contributed by atoms with Gasteiger partial charge in [-0.15, -0.1) is 0 Å². The number of aliphatic hydroxyl groups is 1. The van der Waals surface area contributed by atoms with E-state index in [0.717, 1.165) is 24.4 Å². The van der Waals surface area contributed by atoms with Crippen LogP contribution in [-0.2, 0) is 4.74 Å². The number of aryl methyl sites for hydroxylation is 2. The van der Waals surface area contributed by atoms with E-state index in [9.17, 15) is 5.11 Å². The third-order valence-electron chi connectivity index (χ3n) is 3.74. The highest BCUT2D eigenvalue weighted by Gasteiger charge is 2.23. The lowest BCUT2D eigenvalue weighted by molar-refractivity contribution is -0.0786. The van der Waals surface area contributed by atoms with Crippen LogP contribution in [0.25, 0.3) is 0 Å². The zero-order valence-corrected chi connectivity index (χ0v) is 13.5. The van der Waals surface area contributed by atoms with Gasteiger partial charge in [-0.1, -0.05) is 12.1 Å². The maximum absolute atomic E-state index is 10.2. The van der Waals surface area contributed by atoms with Gasteiger partial charge in [-0.05, 0) is 44.9 Å². The summed E-state index contributed by atoms with van der Waals surface area (Å²) in [6.07, 6.45) is -0.0378. The van der Waals surface area contributed by atoms with Crippen LogP contribution in [0.4, 0.5) is 0 Å². The van der Waals surface area contributed by atoms with Crippen molar-refractivity contribution in [2.75, 3.05) is 26.2 Å². The highest BCUT2D eigenvalue weighted by Crippen LogP contribution is 2.19. The highest BCUT2D eigenvalue weighted by atomic mass is 16.5. The third-order valence-corrected chi connectivity index (χ3v) is 3.74. The van der Waals surface area contributed by atoms with Crippen molar-refractivity contribution in [1.29, 1.82) is 0 Å². The van der Waals surface area contributed by atoms with E-state index in [4.69, 9.17) is 9.47 Å². The van der Waals surface area contributed by atoms with Gasteiger partial charge in [0, 0.05) is 19.6 Å². The summed E-state index contributed by atoms with van der Waals surface area (Å²) >= 11 is 0. The average Bonchev–Trinajstić information content (AvgIpc) is 2.38. The van der Waals surface area contributed by atoms with E-state index in [0.29, 0.717) is 13.2 Å². The second-order valence-electron chi connectivity index (χ2n) is 6.21. The Bertz CT molecular complexity index is 453. The van der Waals surface area contributed by atoms with Gasteiger partial charge in [-0.3, -0.25) is 4.90 Å². The first-order chi connectivity index (χ1) is 9.94. The van der Waals surface area contributed by atoms with E-state index in [1.165, 1.54) is 5.56 Å². The van der Waals surface area contributed by atoms with Gasteiger partial charge in [0.25, 0.3) is 0 Å². The Balaban J connectivity index is 1.81. The van der Waals surface area contributed by atoms with Gasteiger partial charge >= 0.3 is 0 Å². The number of hydrogen-bond acceptors (Lipinski definition) is 4. The van der Waals surface area contributed by atoms with E-state index >= 15 is 0 Å². The van der Waals surface area contributed by atoms with E-state index in [2.05, 4.69) is 24.8 Å². The second kappa shape index (κ2) is 7.25. The Morgan fingerprint density at radius 3 is 2.62 bits per heavy atom. The molecule has 1 aliphatic heterocycles. The van der Waals surface area contributed by atoms with Crippen LogP contribution >= 0.6 is 0 Å². The molecule has 0 aliphatic carbocycles. The lowest BCUT2D eigenvalue weighted by atomic mass is 10.1. The van der Waals surface area contributed by atoms with E-state index in [-0.39, 0.29) is 12.2 Å². The van der Waals surface area contributed by atoms with Gasteiger partial charge < -0.3 is 14.6 Å². The highest BCUT2D eigenvalue weighted by molar-refractivity contribution is 5.35. The van der Waals surface area contributed by atoms with Crippen molar-refractivity contribution >= 4 is 0 Å². The molecule has 0 amide bonds. The minimum atomic E-state index is -0.484. The average molecular weight is 293 g/mol. The Kier molecular flexibility index (Phi) is 5.62. The maximum Gasteiger partial charge on any atom is 0.122 e. The molecule has 1 saturated heterocycles. The van der Waals surface area contributed by atoms with E-state index in [1.807, 2.05) is 26.0 Å². The molecule has 3 atom stereocenters. The molecule has 21 heavy (non-hydrogen) atoms. The number of β-amino-alcohol motifs (C(OH)–C–C–N with tert-alkyl or cyclic N) is 1. The Morgan fingerprint density at radius 1 is 1.29 bits per heavy atom. The molecule has 1 aromatic carbocycles. The molecule has 1 heterocycles. The van der Waals surface area contributed by atoms with Crippen LogP contribution in [-0.4, -0.2) is 54.6 Å². The van der Waals surface area contributed by atoms with Crippen LogP contribution in [0.15, 0.2) is 18.2 Å². The van der Waals surface area contributed by atoms with Crippen LogP contribution in [0, 0.1) is 13.8 Å². The summed E-state index contributed by atoms with van der Waals surface area (Å²) in [6.45, 7) is 10.9. The number of rotatable bonds is 5. The van der Waals surface area contributed by atoms with Crippen LogP contribution in [0.1, 0.15) is 25.0 Å². The van der Waals surface area contributed by atoms with Crippen LogP contribution in [0.5, 0.6) is 5.75 Å². The summed E-state index contributed by atoms with van der Waals surface area (Å²) in [7, 11) is 0. The summed E-state index contributed by atoms with van der Waals surface area (Å²) in [6, 6.07) is 6.12. The minimum absolute atomic E-state index is 0.223. The van der Waals surface area contributed by atoms with Gasteiger partial charge in [0.05, 0.1) is 12.2 Å². The summed E-state index contributed by atoms with van der Waals surface area (Å²) in [5, 5.41) is 10.2. The molecule has 4 nitrogen and oxygen atoms in total. The minimum Gasteiger partial charge on any atom is -0.491 e. The standard InChI is InChI=1S/C17H27NO3/c1-12-5-6-13(2)17(7-12)20-11-16(19)10-18-8-14(3)21-15(4)9-18/h5-7,14-16,19H,8-11H2,1-4H3/t14-,15-,16+/m0/s1. The van der Waals surface area contributed by atoms with E-state index in [1.54, 1.807) is 0 Å². The maximum atomic E-state index is 10.2. The number of nitrogens with zero attached hydrogens (tertiary/aromatic N) is 1. The number of benzene rings is 1. The molecular weight excluding hydrogens is 266 g/mol. The summed E-state index contributed by atoms with van der Waals surface area (Å²) in [5.41, 5.74) is 2.27. The predicted octanol–water partition coefficient (Wildman–Crippen LogP) is 2.15. The smallest absolute Gasteiger partial charge is 0.122 e. The summed E-state index contributed by atoms with van der Waals surface area (Å²) in [4.78, 5) is 2.25. The van der Waals surface area contributed by atoms with Crippen molar-refractivity contribution in [2.45, 2.75) is 46.0 Å². The van der Waals surface area contributed by atoms with Crippen molar-refractivity contribution in [3.8, 4) is 5.75 Å². The normalized spacial score (nSPS) is 24.8. The molecule has 1 N–H and O–H groups in total. The van der Waals surface area contributed by atoms with Crippen molar-refractivity contribution in [3.63, 3.8) is 0 Å². The number of ether oxygens (including phenoxy) is 2. The molecule has 0 radical (unpaired) electrons. The van der Waals surface area contributed by atoms with Gasteiger partial charge in [-0.25, -0.2) is 0 Å². The van der Waals surface area contributed by atoms with Crippen LogP contribution in [0.3, 0.4) is 0 Å². The monoisotopic (exact) mass is 293 g/mol. The molecular formula is C17H27NO3. The first kappa shape index (κ1) is 16.3. The van der Waals surface area contributed by atoms with Crippen molar-refractivity contribution < 1.29 is 14.6 Å². The zero-order chi connectivity index (χ0) is 15.4. The zero-order valence-electron chi connectivity index (χ0n) is 13.5. The SMILES string of the molecule is Cc1ccc(C)c(OC[C@H](O)CN2C[C@H](C)O[C@@H](C)C2)c1. The lowest BCUT2D eigenvalue weighted by Gasteiger charge is -2.36. The fourth-order valence-corrected chi connectivity index (χ4v) is 2.83. The van der Waals surface area contributed by atoms with Gasteiger partial charge in [0.1, 0.15) is 18.5 Å². The number of aliphatic hydroxyl groups excluding tert-OH is 1. The van der Waals surface area contributed by atoms with Crippen molar-refractivity contribution in [2.24, 2.45) is 0 Å². The first-order valence-corrected chi connectivity index (χ1v) is 7.70. The molecule has 0 unspecified atom stereocenters. The summed E-state index contributed by atoms with van der Waals surface area (Å²) < 4.78 is 11.5. The van der Waals surface area contributed by atoms with E-state index < -0.39 is 6.10 Å². The molecule has 1 fully saturated rings.